The highest BCUT2D eigenvalue weighted by Gasteiger charge is 2.05. The van der Waals surface area contributed by atoms with Crippen LogP contribution in [0.15, 0.2) is 4.79 Å². The summed E-state index contributed by atoms with van der Waals surface area (Å²) in [7, 11) is 0. The van der Waals surface area contributed by atoms with Gasteiger partial charge in [0.2, 0.25) is 0 Å². The first kappa shape index (κ1) is 10.5. The fraction of sp³-hybridized carbons (Fsp3) is 0.286. The highest BCUT2D eigenvalue weighted by atomic mass is 32.1. The van der Waals surface area contributed by atoms with E-state index in [9.17, 15) is 9.59 Å². The van der Waals surface area contributed by atoms with E-state index >= 15 is 0 Å². The van der Waals surface area contributed by atoms with Crippen LogP contribution in [0.4, 0.5) is 5.69 Å². The molecule has 4 N–H and O–H groups in total. The van der Waals surface area contributed by atoms with Crippen LogP contribution in [-0.4, -0.2) is 27.6 Å². The van der Waals surface area contributed by atoms with Crippen molar-refractivity contribution in [2.24, 2.45) is 0 Å². The topological polar surface area (TPSA) is 98.0 Å². The van der Waals surface area contributed by atoms with Crippen molar-refractivity contribution in [3.63, 3.8) is 0 Å². The number of hydrogen-bond donors (Lipinski definition) is 4. The normalized spacial score (nSPS) is 9.79. The quantitative estimate of drug-likeness (QED) is 0.541. The molecule has 1 aromatic heterocycles. The van der Waals surface area contributed by atoms with Crippen molar-refractivity contribution in [3.8, 4) is 0 Å². The first-order valence-electron chi connectivity index (χ1n) is 3.79. The molecule has 14 heavy (non-hydrogen) atoms. The fourth-order valence-electron chi connectivity index (χ4n) is 0.977. The molecule has 0 aliphatic carbocycles. The minimum Gasteiger partial charge on any atom is -0.480 e. The highest BCUT2D eigenvalue weighted by molar-refractivity contribution is 7.71. The summed E-state index contributed by atoms with van der Waals surface area (Å²) in [6.45, 7) is 1.32. The molecule has 0 spiro atoms. The van der Waals surface area contributed by atoms with Gasteiger partial charge in [0.05, 0.1) is 0 Å². The Morgan fingerprint density at radius 1 is 1.57 bits per heavy atom. The summed E-state index contributed by atoms with van der Waals surface area (Å²) in [6.07, 6.45) is 0. The number of nitrogens with one attached hydrogen (secondary N) is 3. The lowest BCUT2D eigenvalue weighted by Gasteiger charge is -2.04. The van der Waals surface area contributed by atoms with Gasteiger partial charge in [0.25, 0.3) is 5.56 Å². The lowest BCUT2D eigenvalue weighted by atomic mass is 10.3. The van der Waals surface area contributed by atoms with Crippen LogP contribution in [0.1, 0.15) is 5.69 Å². The molecule has 0 amide bonds. The molecule has 0 bridgehead atoms. The van der Waals surface area contributed by atoms with E-state index in [2.05, 4.69) is 15.3 Å². The number of H-pyrrole nitrogens is 2. The minimum absolute atomic E-state index is 0.195. The SMILES string of the molecule is Cc1[nH]c(=S)[nH]c(=O)c1NCC(=O)O. The van der Waals surface area contributed by atoms with Crippen LogP contribution in [0, 0.1) is 11.7 Å². The van der Waals surface area contributed by atoms with E-state index in [1.165, 1.54) is 0 Å². The third-order valence-corrected chi connectivity index (χ3v) is 1.75. The van der Waals surface area contributed by atoms with Crippen LogP contribution in [0.3, 0.4) is 0 Å². The Bertz CT molecular complexity index is 462. The van der Waals surface area contributed by atoms with Crippen molar-refractivity contribution in [2.75, 3.05) is 11.9 Å². The van der Waals surface area contributed by atoms with Crippen LogP contribution in [-0.2, 0) is 4.79 Å². The zero-order valence-electron chi connectivity index (χ0n) is 7.38. The molecule has 0 atom stereocenters. The summed E-state index contributed by atoms with van der Waals surface area (Å²) in [6, 6.07) is 0. The third kappa shape index (κ3) is 2.43. The maximum atomic E-state index is 11.3. The third-order valence-electron chi connectivity index (χ3n) is 1.55. The van der Waals surface area contributed by atoms with E-state index in [-0.39, 0.29) is 17.0 Å². The van der Waals surface area contributed by atoms with E-state index in [1.54, 1.807) is 6.92 Å². The Kier molecular flexibility index (Phi) is 3.03. The summed E-state index contributed by atoms with van der Waals surface area (Å²) in [4.78, 5) is 26.6. The van der Waals surface area contributed by atoms with Crippen LogP contribution >= 0.6 is 12.2 Å². The first-order chi connectivity index (χ1) is 6.50. The summed E-state index contributed by atoms with van der Waals surface area (Å²) >= 11 is 4.73. The van der Waals surface area contributed by atoms with Crippen LogP contribution < -0.4 is 10.9 Å². The standard InChI is InChI=1S/C7H9N3O3S/c1-3-5(8-2-4(11)12)6(13)10-7(14)9-3/h8H,2H2,1H3,(H,11,12)(H2,9,10,13,14). The van der Waals surface area contributed by atoms with Crippen molar-refractivity contribution in [2.45, 2.75) is 6.92 Å². The van der Waals surface area contributed by atoms with Crippen molar-refractivity contribution in [1.29, 1.82) is 0 Å². The average molecular weight is 215 g/mol. The van der Waals surface area contributed by atoms with Crippen molar-refractivity contribution in [3.05, 3.63) is 20.8 Å². The van der Waals surface area contributed by atoms with Crippen LogP contribution in [0.5, 0.6) is 0 Å². The lowest BCUT2D eigenvalue weighted by Crippen LogP contribution is -2.21. The molecule has 1 heterocycles. The zero-order chi connectivity index (χ0) is 10.7. The molecule has 0 radical (unpaired) electrons. The molecule has 0 aliphatic rings. The highest BCUT2D eigenvalue weighted by Crippen LogP contribution is 2.02. The fourth-order valence-corrected chi connectivity index (χ4v) is 1.22. The molecule has 0 unspecified atom stereocenters. The number of carbonyl (C=O) groups is 1. The summed E-state index contributed by atoms with van der Waals surface area (Å²) in [5, 5.41) is 10.9. The van der Waals surface area contributed by atoms with E-state index in [0.29, 0.717) is 5.69 Å². The minimum atomic E-state index is -1.04. The van der Waals surface area contributed by atoms with Crippen LogP contribution in [0.2, 0.25) is 0 Å². The number of anilines is 1. The molecule has 1 rings (SSSR count). The lowest BCUT2D eigenvalue weighted by molar-refractivity contribution is -0.134. The number of carboxylic acid groups (broad SMARTS) is 1. The predicted octanol–water partition coefficient (Wildman–Crippen LogP) is 0.237. The predicted molar refractivity (Wildman–Crippen MR) is 53.1 cm³/mol. The maximum absolute atomic E-state index is 11.3. The summed E-state index contributed by atoms with van der Waals surface area (Å²) < 4.78 is 0.216. The molecule has 0 fully saturated rings. The van der Waals surface area contributed by atoms with Gasteiger partial charge in [0, 0.05) is 5.69 Å². The van der Waals surface area contributed by atoms with E-state index in [0.717, 1.165) is 0 Å². The van der Waals surface area contributed by atoms with E-state index in [4.69, 9.17) is 17.3 Å². The Hall–Kier alpha value is -1.63. The monoisotopic (exact) mass is 215 g/mol. The van der Waals surface area contributed by atoms with Gasteiger partial charge in [-0.25, -0.2) is 0 Å². The Morgan fingerprint density at radius 2 is 2.21 bits per heavy atom. The van der Waals surface area contributed by atoms with Gasteiger partial charge >= 0.3 is 5.97 Å². The molecule has 76 valence electrons. The Morgan fingerprint density at radius 3 is 2.71 bits per heavy atom. The zero-order valence-corrected chi connectivity index (χ0v) is 8.20. The summed E-state index contributed by atoms with van der Waals surface area (Å²) in [5.41, 5.74) is 0.286. The molecule has 0 aromatic carbocycles. The number of aromatic nitrogens is 2. The van der Waals surface area contributed by atoms with Crippen LogP contribution in [0.25, 0.3) is 0 Å². The number of aromatic amines is 2. The van der Waals surface area contributed by atoms with Gasteiger partial charge in [-0.2, -0.15) is 0 Å². The van der Waals surface area contributed by atoms with E-state index < -0.39 is 11.5 Å². The second-order valence-corrected chi connectivity index (χ2v) is 3.06. The summed E-state index contributed by atoms with van der Waals surface area (Å²) in [5.74, 6) is -1.04. The number of hydrogen-bond acceptors (Lipinski definition) is 4. The van der Waals surface area contributed by atoms with Gasteiger partial charge in [-0.05, 0) is 19.1 Å². The van der Waals surface area contributed by atoms with Crippen molar-refractivity contribution < 1.29 is 9.90 Å². The Labute approximate surface area is 84.0 Å². The molecule has 0 saturated carbocycles. The molecular weight excluding hydrogens is 206 g/mol. The van der Waals surface area contributed by atoms with Crippen molar-refractivity contribution in [1.82, 2.24) is 9.97 Å². The molecular formula is C7H9N3O3S. The Balaban J connectivity index is 3.03. The average Bonchev–Trinajstić information content (AvgIpc) is 2.01. The van der Waals surface area contributed by atoms with Gasteiger partial charge in [-0.15, -0.1) is 0 Å². The number of carboxylic acids is 1. The number of aryl methyl sites for hydroxylation is 1. The molecule has 0 saturated heterocycles. The largest absolute Gasteiger partial charge is 0.480 e. The van der Waals surface area contributed by atoms with Gasteiger partial charge in [-0.3, -0.25) is 14.6 Å². The number of rotatable bonds is 3. The second kappa shape index (κ2) is 4.05. The van der Waals surface area contributed by atoms with Gasteiger partial charge in [0.1, 0.15) is 12.2 Å². The first-order valence-corrected chi connectivity index (χ1v) is 4.20. The molecule has 7 heteroatoms. The molecule has 6 nitrogen and oxygen atoms in total. The van der Waals surface area contributed by atoms with Gasteiger partial charge in [-0.1, -0.05) is 0 Å². The van der Waals surface area contributed by atoms with Gasteiger partial charge in [0.15, 0.2) is 4.77 Å². The maximum Gasteiger partial charge on any atom is 0.322 e. The van der Waals surface area contributed by atoms with E-state index in [1.807, 2.05) is 0 Å². The van der Waals surface area contributed by atoms with Crippen molar-refractivity contribution >= 4 is 23.9 Å². The smallest absolute Gasteiger partial charge is 0.322 e. The van der Waals surface area contributed by atoms with Gasteiger partial charge < -0.3 is 15.4 Å². The number of aliphatic carboxylic acids is 1. The molecule has 1 aromatic rings. The second-order valence-electron chi connectivity index (χ2n) is 2.66. The molecule has 0 aliphatic heterocycles.